The molecule has 0 radical (unpaired) electrons. The second-order valence-corrected chi connectivity index (χ2v) is 6.11. The summed E-state index contributed by atoms with van der Waals surface area (Å²) >= 11 is 0. The van der Waals surface area contributed by atoms with Gasteiger partial charge in [0.1, 0.15) is 12.4 Å². The Hall–Kier alpha value is -1.62. The minimum absolute atomic E-state index is 0.285. The molecule has 2 saturated heterocycles. The van der Waals surface area contributed by atoms with Gasteiger partial charge in [-0.05, 0) is 45.4 Å². The molecule has 0 saturated carbocycles. The lowest BCUT2D eigenvalue weighted by molar-refractivity contribution is 0.166. The van der Waals surface area contributed by atoms with Crippen LogP contribution in [0.2, 0.25) is 0 Å². The Kier molecular flexibility index (Phi) is 4.10. The third-order valence-corrected chi connectivity index (χ3v) is 4.39. The number of likely N-dealkylation sites (tertiary alicyclic amines) is 1. The van der Waals surface area contributed by atoms with Crippen molar-refractivity contribution in [3.05, 3.63) is 23.9 Å². The number of cyclic esters (lactones) is 1. The summed E-state index contributed by atoms with van der Waals surface area (Å²) in [6, 6.07) is 6.54. The van der Waals surface area contributed by atoms with Crippen LogP contribution in [0, 0.1) is 0 Å². The van der Waals surface area contributed by atoms with E-state index in [1.165, 1.54) is 19.4 Å². The summed E-state index contributed by atoms with van der Waals surface area (Å²) in [6.45, 7) is 7.76. The van der Waals surface area contributed by atoms with Crippen molar-refractivity contribution in [2.75, 3.05) is 31.1 Å². The molecule has 0 spiro atoms. The maximum atomic E-state index is 11.7. The largest absolute Gasteiger partial charge is 0.447 e. The summed E-state index contributed by atoms with van der Waals surface area (Å²) in [5.74, 6) is 1.18. The number of rotatable bonds is 3. The van der Waals surface area contributed by atoms with Crippen molar-refractivity contribution in [2.24, 2.45) is 0 Å². The highest BCUT2D eigenvalue weighted by atomic mass is 16.6. The number of hydrogen-bond donors (Lipinski definition) is 0. The zero-order valence-corrected chi connectivity index (χ0v) is 12.8. The lowest BCUT2D eigenvalue weighted by Crippen LogP contribution is -2.39. The van der Waals surface area contributed by atoms with Gasteiger partial charge in [0, 0.05) is 24.2 Å². The first-order chi connectivity index (χ1) is 10.1. The van der Waals surface area contributed by atoms with Crippen LogP contribution >= 0.6 is 0 Å². The standard InChI is InChI=1S/C16H23N3O2/c1-12(2)18-8-4-5-13(11-18)14-6-3-7-15(17-14)19-9-10-21-16(19)20/h3,6-7,12-13H,4-5,8-11H2,1-2H3/t13-/m0/s1. The topological polar surface area (TPSA) is 45.7 Å². The van der Waals surface area contributed by atoms with Crippen molar-refractivity contribution in [2.45, 2.75) is 38.6 Å². The van der Waals surface area contributed by atoms with E-state index in [0.29, 0.717) is 25.1 Å². The maximum Gasteiger partial charge on any atom is 0.415 e. The Morgan fingerprint density at radius 3 is 2.90 bits per heavy atom. The average Bonchev–Trinajstić information content (AvgIpc) is 2.94. The summed E-state index contributed by atoms with van der Waals surface area (Å²) in [4.78, 5) is 20.5. The Labute approximate surface area is 125 Å². The second-order valence-electron chi connectivity index (χ2n) is 6.11. The van der Waals surface area contributed by atoms with Gasteiger partial charge < -0.3 is 9.64 Å². The average molecular weight is 289 g/mol. The summed E-state index contributed by atoms with van der Waals surface area (Å²) in [6.07, 6.45) is 2.09. The van der Waals surface area contributed by atoms with E-state index in [4.69, 9.17) is 9.72 Å². The number of carbonyl (C=O) groups is 1. The zero-order valence-electron chi connectivity index (χ0n) is 12.8. The first kappa shape index (κ1) is 14.3. The van der Waals surface area contributed by atoms with Crippen molar-refractivity contribution in [3.8, 4) is 0 Å². The molecular formula is C16H23N3O2. The highest BCUT2D eigenvalue weighted by molar-refractivity contribution is 5.88. The third kappa shape index (κ3) is 3.02. The summed E-state index contributed by atoms with van der Waals surface area (Å²) < 4.78 is 4.99. The molecule has 1 aromatic rings. The van der Waals surface area contributed by atoms with Crippen LogP contribution in [0.1, 0.15) is 38.3 Å². The van der Waals surface area contributed by atoms with Gasteiger partial charge in [0.25, 0.3) is 0 Å². The second kappa shape index (κ2) is 6.02. The summed E-state index contributed by atoms with van der Waals surface area (Å²) in [7, 11) is 0. The molecule has 1 aromatic heterocycles. The van der Waals surface area contributed by atoms with Gasteiger partial charge in [0.15, 0.2) is 0 Å². The maximum absolute atomic E-state index is 11.7. The number of aromatic nitrogens is 1. The van der Waals surface area contributed by atoms with Gasteiger partial charge in [-0.3, -0.25) is 4.90 Å². The van der Waals surface area contributed by atoms with Gasteiger partial charge in [-0.2, -0.15) is 0 Å². The number of piperidine rings is 1. The van der Waals surface area contributed by atoms with E-state index in [-0.39, 0.29) is 6.09 Å². The molecule has 2 aliphatic heterocycles. The highest BCUT2D eigenvalue weighted by Gasteiger charge is 2.27. The monoisotopic (exact) mass is 289 g/mol. The fourth-order valence-corrected chi connectivity index (χ4v) is 3.14. The molecule has 5 heteroatoms. The minimum atomic E-state index is -0.285. The number of ether oxygens (including phenoxy) is 1. The first-order valence-corrected chi connectivity index (χ1v) is 7.80. The van der Waals surface area contributed by atoms with E-state index in [0.717, 1.165) is 18.1 Å². The number of anilines is 1. The molecular weight excluding hydrogens is 266 g/mol. The highest BCUT2D eigenvalue weighted by Crippen LogP contribution is 2.28. The molecule has 0 N–H and O–H groups in total. The number of amides is 1. The van der Waals surface area contributed by atoms with Crippen LogP contribution < -0.4 is 4.90 Å². The molecule has 3 rings (SSSR count). The molecule has 0 unspecified atom stereocenters. The molecule has 0 aromatic carbocycles. The first-order valence-electron chi connectivity index (χ1n) is 7.80. The van der Waals surface area contributed by atoms with Gasteiger partial charge >= 0.3 is 6.09 Å². The minimum Gasteiger partial charge on any atom is -0.447 e. The Balaban J connectivity index is 1.77. The quantitative estimate of drug-likeness (QED) is 0.858. The molecule has 0 bridgehead atoms. The van der Waals surface area contributed by atoms with Gasteiger partial charge in [-0.15, -0.1) is 0 Å². The van der Waals surface area contributed by atoms with Gasteiger partial charge in [-0.1, -0.05) is 6.07 Å². The predicted molar refractivity (Wildman–Crippen MR) is 81.6 cm³/mol. The zero-order chi connectivity index (χ0) is 14.8. The van der Waals surface area contributed by atoms with Gasteiger partial charge in [-0.25, -0.2) is 9.78 Å². The van der Waals surface area contributed by atoms with Crippen LogP contribution in [0.25, 0.3) is 0 Å². The fourth-order valence-electron chi connectivity index (χ4n) is 3.14. The van der Waals surface area contributed by atoms with Crippen LogP contribution in [0.4, 0.5) is 10.6 Å². The normalized spacial score (nSPS) is 23.7. The lowest BCUT2D eigenvalue weighted by atomic mass is 9.93. The van der Waals surface area contributed by atoms with E-state index >= 15 is 0 Å². The molecule has 2 aliphatic rings. The molecule has 5 nitrogen and oxygen atoms in total. The number of pyridine rings is 1. The van der Waals surface area contributed by atoms with E-state index in [1.807, 2.05) is 12.1 Å². The van der Waals surface area contributed by atoms with Gasteiger partial charge in [0.2, 0.25) is 0 Å². The lowest BCUT2D eigenvalue weighted by Gasteiger charge is -2.35. The van der Waals surface area contributed by atoms with Crippen LogP contribution in [0.3, 0.4) is 0 Å². The Morgan fingerprint density at radius 2 is 2.19 bits per heavy atom. The molecule has 21 heavy (non-hydrogen) atoms. The summed E-state index contributed by atoms with van der Waals surface area (Å²) in [5, 5.41) is 0. The molecule has 114 valence electrons. The van der Waals surface area contributed by atoms with Crippen molar-refractivity contribution in [1.29, 1.82) is 0 Å². The van der Waals surface area contributed by atoms with Gasteiger partial charge in [0.05, 0.1) is 6.54 Å². The van der Waals surface area contributed by atoms with E-state index in [9.17, 15) is 4.79 Å². The summed E-state index contributed by atoms with van der Waals surface area (Å²) in [5.41, 5.74) is 1.09. The van der Waals surface area contributed by atoms with E-state index in [1.54, 1.807) is 4.90 Å². The fraction of sp³-hybridized carbons (Fsp3) is 0.625. The van der Waals surface area contributed by atoms with E-state index in [2.05, 4.69) is 24.8 Å². The van der Waals surface area contributed by atoms with Crippen LogP contribution in [-0.2, 0) is 4.74 Å². The third-order valence-electron chi connectivity index (χ3n) is 4.39. The number of hydrogen-bond acceptors (Lipinski definition) is 4. The predicted octanol–water partition coefficient (Wildman–Crippen LogP) is 2.63. The smallest absolute Gasteiger partial charge is 0.415 e. The number of carbonyl (C=O) groups excluding carboxylic acids is 1. The van der Waals surface area contributed by atoms with E-state index < -0.39 is 0 Å². The Morgan fingerprint density at radius 1 is 1.33 bits per heavy atom. The van der Waals surface area contributed by atoms with Crippen molar-refractivity contribution >= 4 is 11.9 Å². The van der Waals surface area contributed by atoms with Crippen LogP contribution in [-0.4, -0.2) is 48.3 Å². The van der Waals surface area contributed by atoms with Crippen LogP contribution in [0.15, 0.2) is 18.2 Å². The molecule has 1 atom stereocenters. The number of nitrogens with zero attached hydrogens (tertiary/aromatic N) is 3. The molecule has 1 amide bonds. The van der Waals surface area contributed by atoms with Crippen LogP contribution in [0.5, 0.6) is 0 Å². The molecule has 3 heterocycles. The van der Waals surface area contributed by atoms with Crippen molar-refractivity contribution in [3.63, 3.8) is 0 Å². The molecule has 2 fully saturated rings. The van der Waals surface area contributed by atoms with Crippen molar-refractivity contribution in [1.82, 2.24) is 9.88 Å². The SMILES string of the molecule is CC(C)N1CCC[C@H](c2cccc(N3CCOC3=O)n2)C1. The Bertz CT molecular complexity index is 518. The van der Waals surface area contributed by atoms with Crippen molar-refractivity contribution < 1.29 is 9.53 Å². The molecule has 0 aliphatic carbocycles.